The molecule has 0 radical (unpaired) electrons. The summed E-state index contributed by atoms with van der Waals surface area (Å²) in [5, 5.41) is 18.5. The van der Waals surface area contributed by atoms with Crippen LogP contribution in [-0.2, 0) is 0 Å². The lowest BCUT2D eigenvalue weighted by Gasteiger charge is -2.18. The van der Waals surface area contributed by atoms with E-state index in [0.717, 1.165) is 13.1 Å². The Hall–Kier alpha value is -1.95. The normalized spacial score (nSPS) is 24.8. The fourth-order valence-corrected chi connectivity index (χ4v) is 4.12. The quantitative estimate of drug-likeness (QED) is 0.938. The SMILES string of the molecule is CC(C)C(O)c1nnc2ccc(C(=O)N3C[C@H]4CCC[C@H]4C3)cn12. The van der Waals surface area contributed by atoms with E-state index >= 15 is 0 Å². The van der Waals surface area contributed by atoms with E-state index in [2.05, 4.69) is 10.2 Å². The Morgan fingerprint density at radius 3 is 2.58 bits per heavy atom. The van der Waals surface area contributed by atoms with Crippen molar-refractivity contribution >= 4 is 11.6 Å². The molecule has 6 nitrogen and oxygen atoms in total. The number of pyridine rings is 1. The van der Waals surface area contributed by atoms with Gasteiger partial charge in [0.2, 0.25) is 0 Å². The van der Waals surface area contributed by atoms with Gasteiger partial charge in [-0.05, 0) is 42.7 Å². The third kappa shape index (κ3) is 2.49. The molecular formula is C18H24N4O2. The molecule has 24 heavy (non-hydrogen) atoms. The molecule has 0 aromatic carbocycles. The number of rotatable bonds is 3. The number of carbonyl (C=O) groups is 1. The molecule has 1 saturated heterocycles. The molecule has 1 amide bonds. The van der Waals surface area contributed by atoms with E-state index in [-0.39, 0.29) is 11.8 Å². The number of hydrogen-bond donors (Lipinski definition) is 1. The third-order valence-electron chi connectivity index (χ3n) is 5.59. The maximum atomic E-state index is 12.9. The molecule has 2 aliphatic rings. The van der Waals surface area contributed by atoms with E-state index in [1.165, 1.54) is 19.3 Å². The number of hydrogen-bond acceptors (Lipinski definition) is 4. The van der Waals surface area contributed by atoms with Gasteiger partial charge in [0, 0.05) is 19.3 Å². The van der Waals surface area contributed by atoms with Crippen LogP contribution in [0.4, 0.5) is 0 Å². The first kappa shape index (κ1) is 15.6. The topological polar surface area (TPSA) is 70.7 Å². The highest BCUT2D eigenvalue weighted by Crippen LogP contribution is 2.38. The Morgan fingerprint density at radius 1 is 1.21 bits per heavy atom. The third-order valence-corrected chi connectivity index (χ3v) is 5.59. The van der Waals surface area contributed by atoms with E-state index in [1.807, 2.05) is 24.8 Å². The molecule has 2 aromatic heterocycles. The molecule has 1 aliphatic heterocycles. The summed E-state index contributed by atoms with van der Waals surface area (Å²) in [5.74, 6) is 1.98. The highest BCUT2D eigenvalue weighted by atomic mass is 16.3. The zero-order valence-electron chi connectivity index (χ0n) is 14.2. The molecule has 128 valence electrons. The van der Waals surface area contributed by atoms with Crippen LogP contribution in [0, 0.1) is 17.8 Å². The van der Waals surface area contributed by atoms with Crippen molar-refractivity contribution in [1.82, 2.24) is 19.5 Å². The second-order valence-corrected chi connectivity index (χ2v) is 7.55. The zero-order valence-corrected chi connectivity index (χ0v) is 14.2. The summed E-state index contributed by atoms with van der Waals surface area (Å²) in [5.41, 5.74) is 1.29. The van der Waals surface area contributed by atoms with Gasteiger partial charge < -0.3 is 10.0 Å². The van der Waals surface area contributed by atoms with Gasteiger partial charge in [0.25, 0.3) is 5.91 Å². The first-order chi connectivity index (χ1) is 11.5. The van der Waals surface area contributed by atoms with Crippen molar-refractivity contribution in [3.63, 3.8) is 0 Å². The molecule has 6 heteroatoms. The van der Waals surface area contributed by atoms with Gasteiger partial charge in [0.15, 0.2) is 11.5 Å². The average Bonchev–Trinajstić information content (AvgIpc) is 3.26. The van der Waals surface area contributed by atoms with Gasteiger partial charge in [-0.25, -0.2) is 0 Å². The number of amides is 1. The molecule has 3 atom stereocenters. The lowest BCUT2D eigenvalue weighted by molar-refractivity contribution is 0.0779. The Morgan fingerprint density at radius 2 is 1.92 bits per heavy atom. The van der Waals surface area contributed by atoms with Gasteiger partial charge in [0.1, 0.15) is 6.10 Å². The number of nitrogens with zero attached hydrogens (tertiary/aromatic N) is 4. The van der Waals surface area contributed by atoms with E-state index in [9.17, 15) is 9.90 Å². The van der Waals surface area contributed by atoms with Crippen LogP contribution in [0.25, 0.3) is 5.65 Å². The molecular weight excluding hydrogens is 304 g/mol. The summed E-state index contributed by atoms with van der Waals surface area (Å²) in [4.78, 5) is 14.9. The van der Waals surface area contributed by atoms with Crippen LogP contribution in [0.5, 0.6) is 0 Å². The number of aromatic nitrogens is 3. The number of fused-ring (bicyclic) bond motifs is 2. The number of aliphatic hydroxyl groups excluding tert-OH is 1. The fraction of sp³-hybridized carbons (Fsp3) is 0.611. The standard InChI is InChI=1S/C18H24N4O2/c1-11(2)16(23)17-20-19-15-7-6-14(10-22(15)17)18(24)21-8-12-4-3-5-13(12)9-21/h6-7,10-13,16,23H,3-5,8-9H2,1-2H3/t12-,13+,16?. The van der Waals surface area contributed by atoms with Crippen molar-refractivity contribution in [2.75, 3.05) is 13.1 Å². The van der Waals surface area contributed by atoms with Gasteiger partial charge in [-0.1, -0.05) is 20.3 Å². The lowest BCUT2D eigenvalue weighted by atomic mass is 10.0. The Balaban J connectivity index is 1.62. The second-order valence-electron chi connectivity index (χ2n) is 7.55. The average molecular weight is 328 g/mol. The van der Waals surface area contributed by atoms with Crippen LogP contribution in [0.2, 0.25) is 0 Å². The second kappa shape index (κ2) is 5.84. The Kier molecular flexibility index (Phi) is 3.79. The smallest absolute Gasteiger partial charge is 0.255 e. The van der Waals surface area contributed by atoms with Crippen molar-refractivity contribution in [1.29, 1.82) is 0 Å². The number of aliphatic hydroxyl groups is 1. The van der Waals surface area contributed by atoms with Gasteiger partial charge in [-0.2, -0.15) is 0 Å². The van der Waals surface area contributed by atoms with Gasteiger partial charge in [-0.3, -0.25) is 9.20 Å². The fourth-order valence-electron chi connectivity index (χ4n) is 4.12. The van der Waals surface area contributed by atoms with Crippen molar-refractivity contribution in [3.05, 3.63) is 29.7 Å². The summed E-state index contributed by atoms with van der Waals surface area (Å²) in [6.45, 7) is 5.63. The van der Waals surface area contributed by atoms with Crippen molar-refractivity contribution in [3.8, 4) is 0 Å². The predicted molar refractivity (Wildman–Crippen MR) is 89.5 cm³/mol. The molecule has 1 unspecified atom stereocenters. The summed E-state index contributed by atoms with van der Waals surface area (Å²) >= 11 is 0. The van der Waals surface area contributed by atoms with Crippen molar-refractivity contribution < 1.29 is 9.90 Å². The van der Waals surface area contributed by atoms with Crippen LogP contribution < -0.4 is 0 Å². The lowest BCUT2D eigenvalue weighted by Crippen LogP contribution is -2.29. The first-order valence-corrected chi connectivity index (χ1v) is 8.86. The Labute approximate surface area is 141 Å². The number of carbonyl (C=O) groups excluding carboxylic acids is 1. The highest BCUT2D eigenvalue weighted by Gasteiger charge is 2.38. The van der Waals surface area contributed by atoms with Crippen LogP contribution >= 0.6 is 0 Å². The van der Waals surface area contributed by atoms with Crippen LogP contribution in [-0.4, -0.2) is 43.6 Å². The van der Waals surface area contributed by atoms with Crippen LogP contribution in [0.1, 0.15) is 55.4 Å². The van der Waals surface area contributed by atoms with Gasteiger partial charge in [-0.15, -0.1) is 10.2 Å². The Bertz CT molecular complexity index is 757. The molecule has 0 spiro atoms. The maximum absolute atomic E-state index is 12.9. The molecule has 3 heterocycles. The van der Waals surface area contributed by atoms with Crippen molar-refractivity contribution in [2.24, 2.45) is 17.8 Å². The minimum absolute atomic E-state index is 0.0368. The molecule has 0 bridgehead atoms. The molecule has 2 fully saturated rings. The minimum atomic E-state index is -0.698. The first-order valence-electron chi connectivity index (χ1n) is 8.86. The molecule has 2 aromatic rings. The summed E-state index contributed by atoms with van der Waals surface area (Å²) in [7, 11) is 0. The van der Waals surface area contributed by atoms with E-state index in [1.54, 1.807) is 16.7 Å². The number of likely N-dealkylation sites (tertiary alicyclic amines) is 1. The van der Waals surface area contributed by atoms with E-state index < -0.39 is 6.10 Å². The predicted octanol–water partition coefficient (Wildman–Crippen LogP) is 2.29. The highest BCUT2D eigenvalue weighted by molar-refractivity contribution is 5.94. The largest absolute Gasteiger partial charge is 0.385 e. The zero-order chi connectivity index (χ0) is 16.8. The van der Waals surface area contributed by atoms with Gasteiger partial charge in [0.05, 0.1) is 5.56 Å². The van der Waals surface area contributed by atoms with Gasteiger partial charge >= 0.3 is 0 Å². The summed E-state index contributed by atoms with van der Waals surface area (Å²) in [6.07, 6.45) is 4.89. The minimum Gasteiger partial charge on any atom is -0.385 e. The molecule has 1 N–H and O–H groups in total. The monoisotopic (exact) mass is 328 g/mol. The molecule has 1 saturated carbocycles. The van der Waals surface area contributed by atoms with E-state index in [0.29, 0.717) is 28.9 Å². The van der Waals surface area contributed by atoms with Crippen LogP contribution in [0.15, 0.2) is 18.3 Å². The molecule has 1 aliphatic carbocycles. The van der Waals surface area contributed by atoms with Crippen LogP contribution in [0.3, 0.4) is 0 Å². The van der Waals surface area contributed by atoms with Crippen molar-refractivity contribution in [2.45, 2.75) is 39.2 Å². The van der Waals surface area contributed by atoms with E-state index in [4.69, 9.17) is 0 Å². The summed E-state index contributed by atoms with van der Waals surface area (Å²) in [6, 6.07) is 3.61. The maximum Gasteiger partial charge on any atom is 0.255 e. The molecule has 4 rings (SSSR count). The summed E-state index contributed by atoms with van der Waals surface area (Å²) < 4.78 is 1.74.